The van der Waals surface area contributed by atoms with Gasteiger partial charge in [0.2, 0.25) is 5.91 Å². The number of amides is 1. The number of hydrogen-bond acceptors (Lipinski definition) is 6. The zero-order valence-corrected chi connectivity index (χ0v) is 19.1. The summed E-state index contributed by atoms with van der Waals surface area (Å²) in [6, 6.07) is 15.0. The van der Waals surface area contributed by atoms with Crippen molar-refractivity contribution in [2.75, 3.05) is 33.8 Å². The van der Waals surface area contributed by atoms with E-state index in [4.69, 9.17) is 21.8 Å². The van der Waals surface area contributed by atoms with Crippen LogP contribution in [-0.4, -0.2) is 52.0 Å². The molecular formula is C19H27NO6Si2. The molecule has 0 atom stereocenters. The second-order valence-electron chi connectivity index (χ2n) is 6.16. The Morgan fingerprint density at radius 2 is 1.32 bits per heavy atom. The Morgan fingerprint density at radius 1 is 0.821 bits per heavy atom. The van der Waals surface area contributed by atoms with Gasteiger partial charge in [0.15, 0.2) is 0 Å². The molecule has 2 aromatic carbocycles. The summed E-state index contributed by atoms with van der Waals surface area (Å²) in [6.07, 6.45) is 0. The lowest BCUT2D eigenvalue weighted by atomic mass is 10.2. The van der Waals surface area contributed by atoms with E-state index >= 15 is 0 Å². The second-order valence-corrected chi connectivity index (χ2v) is 12.0. The molecule has 1 N–H and O–H groups in total. The van der Waals surface area contributed by atoms with E-state index in [0.29, 0.717) is 10.9 Å². The highest BCUT2D eigenvalue weighted by atomic mass is 28.5. The topological polar surface area (TPSA) is 75.2 Å². The number of hydrogen-bond donors (Lipinski definition) is 1. The minimum atomic E-state index is -3.42. The van der Waals surface area contributed by atoms with Gasteiger partial charge in [0.25, 0.3) is 0 Å². The summed E-state index contributed by atoms with van der Waals surface area (Å²) in [4.78, 5) is 11.4. The molecule has 0 bridgehead atoms. The zero-order chi connectivity index (χ0) is 20.8. The molecule has 152 valence electrons. The molecule has 2 aromatic rings. The third-order valence-corrected chi connectivity index (χ3v) is 10.6. The molecule has 9 heteroatoms. The van der Waals surface area contributed by atoms with Gasteiger partial charge in [-0.15, -0.1) is 0 Å². The van der Waals surface area contributed by atoms with Gasteiger partial charge in [0, 0.05) is 51.4 Å². The van der Waals surface area contributed by atoms with Crippen LogP contribution in [0.25, 0.3) is 0 Å². The molecule has 0 saturated heterocycles. The number of anilines is 1. The lowest BCUT2D eigenvalue weighted by Gasteiger charge is -2.36. The highest BCUT2D eigenvalue weighted by molar-refractivity contribution is 6.88. The first-order valence-corrected chi connectivity index (χ1v) is 12.2. The molecule has 7 nitrogen and oxygen atoms in total. The number of benzene rings is 2. The van der Waals surface area contributed by atoms with Gasteiger partial charge in [-0.25, -0.2) is 0 Å². The van der Waals surface area contributed by atoms with Crippen LogP contribution in [0.3, 0.4) is 0 Å². The van der Waals surface area contributed by atoms with Crippen molar-refractivity contribution >= 4 is 39.6 Å². The van der Waals surface area contributed by atoms with Crippen molar-refractivity contribution in [1.29, 1.82) is 0 Å². The van der Waals surface area contributed by atoms with Crippen LogP contribution in [0.2, 0.25) is 0 Å². The molecule has 0 heterocycles. The van der Waals surface area contributed by atoms with Crippen molar-refractivity contribution in [3.63, 3.8) is 0 Å². The summed E-state index contributed by atoms with van der Waals surface area (Å²) in [6.45, 7) is 3.44. The summed E-state index contributed by atoms with van der Waals surface area (Å²) in [5.74, 6) is -0.169. The van der Waals surface area contributed by atoms with E-state index in [2.05, 4.69) is 5.32 Å². The van der Waals surface area contributed by atoms with Crippen molar-refractivity contribution < 1.29 is 26.6 Å². The maximum absolute atomic E-state index is 11.4. The van der Waals surface area contributed by atoms with Crippen LogP contribution in [0.5, 0.6) is 0 Å². The third kappa shape index (κ3) is 4.76. The molecule has 0 spiro atoms. The van der Waals surface area contributed by atoms with Crippen molar-refractivity contribution in [2.24, 2.45) is 0 Å². The Balaban J connectivity index is 2.53. The van der Waals surface area contributed by atoms with Gasteiger partial charge < -0.3 is 27.1 Å². The van der Waals surface area contributed by atoms with Gasteiger partial charge >= 0.3 is 17.6 Å². The fourth-order valence-electron chi connectivity index (χ4n) is 2.93. The van der Waals surface area contributed by atoms with E-state index in [-0.39, 0.29) is 5.91 Å². The number of carbonyl (C=O) groups excluding carboxylic acids is 1. The van der Waals surface area contributed by atoms with Gasteiger partial charge in [-0.05, 0) is 19.1 Å². The van der Waals surface area contributed by atoms with Crippen LogP contribution in [0.4, 0.5) is 5.69 Å². The molecular weight excluding hydrogens is 394 g/mol. The Bertz CT molecular complexity index is 809. The average molecular weight is 422 g/mol. The summed E-state index contributed by atoms with van der Waals surface area (Å²) in [7, 11) is -0.593. The van der Waals surface area contributed by atoms with E-state index in [1.54, 1.807) is 32.4 Å². The standard InChI is InChI=1S/C19H27NO6Si2/c1-15-9-7-11-18(13-15)27(22-3,23-4)26-28(24-5,25-6)19-12-8-10-17(14-19)20-16(2)21/h7-14H,1-6H3,(H,20,21). The average Bonchev–Trinajstić information content (AvgIpc) is 2.69. The monoisotopic (exact) mass is 421 g/mol. The predicted molar refractivity (Wildman–Crippen MR) is 112 cm³/mol. The van der Waals surface area contributed by atoms with E-state index in [1.165, 1.54) is 21.1 Å². The first kappa shape index (κ1) is 22.4. The maximum atomic E-state index is 11.4. The Labute approximate surface area is 168 Å². The lowest BCUT2D eigenvalue weighted by molar-refractivity contribution is -0.114. The van der Waals surface area contributed by atoms with Gasteiger partial charge in [-0.2, -0.15) is 0 Å². The number of carbonyl (C=O) groups is 1. The van der Waals surface area contributed by atoms with Crippen molar-refractivity contribution in [2.45, 2.75) is 13.8 Å². The van der Waals surface area contributed by atoms with Gasteiger partial charge in [-0.3, -0.25) is 4.79 Å². The molecule has 1 amide bonds. The minimum absolute atomic E-state index is 0.169. The van der Waals surface area contributed by atoms with E-state index in [9.17, 15) is 4.79 Å². The molecule has 0 aromatic heterocycles. The Hall–Kier alpha value is -1.86. The second kappa shape index (κ2) is 9.57. The van der Waals surface area contributed by atoms with Gasteiger partial charge in [-0.1, -0.05) is 42.0 Å². The van der Waals surface area contributed by atoms with Crippen LogP contribution in [0.1, 0.15) is 12.5 Å². The van der Waals surface area contributed by atoms with Crippen LogP contribution in [0, 0.1) is 6.92 Å². The summed E-state index contributed by atoms with van der Waals surface area (Å²) in [5.41, 5.74) is 1.68. The first-order valence-electron chi connectivity index (χ1n) is 8.70. The van der Waals surface area contributed by atoms with Crippen LogP contribution < -0.4 is 15.7 Å². The highest BCUT2D eigenvalue weighted by Crippen LogP contribution is 2.20. The van der Waals surface area contributed by atoms with Crippen LogP contribution in [-0.2, 0) is 26.6 Å². The minimum Gasteiger partial charge on any atom is -0.374 e. The van der Waals surface area contributed by atoms with Crippen molar-refractivity contribution in [3.05, 3.63) is 54.1 Å². The molecule has 0 saturated carbocycles. The van der Waals surface area contributed by atoms with Gasteiger partial charge in [0.1, 0.15) is 0 Å². The van der Waals surface area contributed by atoms with E-state index in [1.807, 2.05) is 37.3 Å². The molecule has 0 aliphatic heterocycles. The number of rotatable bonds is 9. The lowest BCUT2D eigenvalue weighted by Crippen LogP contribution is -2.68. The first-order chi connectivity index (χ1) is 13.3. The Morgan fingerprint density at radius 3 is 1.79 bits per heavy atom. The summed E-state index contributed by atoms with van der Waals surface area (Å²) >= 11 is 0. The predicted octanol–water partition coefficient (Wildman–Crippen LogP) is 1.55. The molecule has 2 rings (SSSR count). The fourth-order valence-corrected chi connectivity index (χ4v) is 9.23. The molecule has 0 unspecified atom stereocenters. The smallest absolute Gasteiger partial charge is 0.374 e. The molecule has 0 aliphatic rings. The van der Waals surface area contributed by atoms with E-state index in [0.717, 1.165) is 10.8 Å². The number of aryl methyl sites for hydroxylation is 1. The number of nitrogens with one attached hydrogen (secondary N) is 1. The highest BCUT2D eigenvalue weighted by Gasteiger charge is 2.55. The zero-order valence-electron chi connectivity index (χ0n) is 17.1. The fraction of sp³-hybridized carbons (Fsp3) is 0.316. The molecule has 0 fully saturated rings. The van der Waals surface area contributed by atoms with Gasteiger partial charge in [0.05, 0.1) is 0 Å². The Kier molecular flexibility index (Phi) is 7.66. The maximum Gasteiger partial charge on any atom is 0.529 e. The van der Waals surface area contributed by atoms with Crippen molar-refractivity contribution in [1.82, 2.24) is 0 Å². The SMILES string of the molecule is CO[Si](OC)(O[Si](OC)(OC)c1cccc(NC(C)=O)c1)c1cccc(C)c1. The summed E-state index contributed by atoms with van der Waals surface area (Å²) in [5, 5.41) is 4.25. The van der Waals surface area contributed by atoms with Crippen molar-refractivity contribution in [3.8, 4) is 0 Å². The normalized spacial score (nSPS) is 12.1. The molecule has 28 heavy (non-hydrogen) atoms. The quantitative estimate of drug-likeness (QED) is 0.619. The largest absolute Gasteiger partial charge is 0.529 e. The van der Waals surface area contributed by atoms with Crippen LogP contribution in [0.15, 0.2) is 48.5 Å². The third-order valence-electron chi connectivity index (χ3n) is 4.25. The summed E-state index contributed by atoms with van der Waals surface area (Å²) < 4.78 is 29.7. The molecule has 0 radical (unpaired) electrons. The van der Waals surface area contributed by atoms with E-state index < -0.39 is 17.6 Å². The molecule has 0 aliphatic carbocycles. The van der Waals surface area contributed by atoms with Crippen LogP contribution >= 0.6 is 0 Å².